The molecule has 0 atom stereocenters. The van der Waals surface area contributed by atoms with E-state index in [0.29, 0.717) is 6.54 Å². The van der Waals surface area contributed by atoms with Crippen LogP contribution in [0.15, 0.2) is 17.5 Å². The third kappa shape index (κ3) is 3.48. The molecule has 0 unspecified atom stereocenters. The minimum absolute atomic E-state index is 0.230. The standard InChI is InChI=1S/C7H11NO2S/c9-8(10)5-1-3-7-4-2-6-11-7/h2,4,6,9-10H,1,3,5H2. The maximum absolute atomic E-state index is 8.37. The molecule has 0 aliphatic carbocycles. The van der Waals surface area contributed by atoms with Gasteiger partial charge in [-0.05, 0) is 24.3 Å². The summed E-state index contributed by atoms with van der Waals surface area (Å²) < 4.78 is 0. The first-order chi connectivity index (χ1) is 5.29. The Balaban J connectivity index is 2.14. The maximum Gasteiger partial charge on any atom is 0.0516 e. The molecule has 0 saturated carbocycles. The van der Waals surface area contributed by atoms with Gasteiger partial charge in [0.1, 0.15) is 0 Å². The van der Waals surface area contributed by atoms with Crippen molar-refractivity contribution in [3.63, 3.8) is 0 Å². The zero-order chi connectivity index (χ0) is 8.10. The van der Waals surface area contributed by atoms with Gasteiger partial charge in [-0.2, -0.15) is 0 Å². The van der Waals surface area contributed by atoms with Gasteiger partial charge in [-0.1, -0.05) is 11.3 Å². The number of thiophene rings is 1. The Labute approximate surface area is 69.4 Å². The van der Waals surface area contributed by atoms with Crippen molar-refractivity contribution in [2.45, 2.75) is 12.8 Å². The van der Waals surface area contributed by atoms with E-state index in [2.05, 4.69) is 0 Å². The third-order valence-electron chi connectivity index (χ3n) is 1.36. The maximum atomic E-state index is 8.37. The van der Waals surface area contributed by atoms with Crippen molar-refractivity contribution >= 4 is 11.3 Å². The van der Waals surface area contributed by atoms with E-state index >= 15 is 0 Å². The van der Waals surface area contributed by atoms with Crippen molar-refractivity contribution in [2.24, 2.45) is 0 Å². The van der Waals surface area contributed by atoms with Crippen LogP contribution in [-0.2, 0) is 6.42 Å². The van der Waals surface area contributed by atoms with Crippen molar-refractivity contribution < 1.29 is 10.4 Å². The normalized spacial score (nSPS) is 10.8. The van der Waals surface area contributed by atoms with Crippen LogP contribution in [0.1, 0.15) is 11.3 Å². The molecule has 4 heteroatoms. The Kier molecular flexibility index (Phi) is 3.51. The van der Waals surface area contributed by atoms with Crippen LogP contribution in [0.5, 0.6) is 0 Å². The Hall–Kier alpha value is -0.420. The molecule has 1 aromatic rings. The van der Waals surface area contributed by atoms with Crippen molar-refractivity contribution in [3.05, 3.63) is 22.4 Å². The lowest BCUT2D eigenvalue weighted by molar-refractivity contribution is -0.306. The van der Waals surface area contributed by atoms with Crippen LogP contribution in [0, 0.1) is 0 Å². The van der Waals surface area contributed by atoms with Crippen molar-refractivity contribution in [1.29, 1.82) is 0 Å². The molecule has 1 aromatic heterocycles. The molecule has 11 heavy (non-hydrogen) atoms. The highest BCUT2D eigenvalue weighted by molar-refractivity contribution is 7.09. The first kappa shape index (κ1) is 8.67. The average Bonchev–Trinajstić information content (AvgIpc) is 2.39. The molecule has 1 rings (SSSR count). The van der Waals surface area contributed by atoms with E-state index in [4.69, 9.17) is 10.4 Å². The second-order valence-electron chi connectivity index (χ2n) is 2.28. The molecule has 0 fully saturated rings. The Bertz CT molecular complexity index is 186. The number of hydroxylamine groups is 2. The Morgan fingerprint density at radius 2 is 2.27 bits per heavy atom. The van der Waals surface area contributed by atoms with Gasteiger partial charge in [0.05, 0.1) is 6.54 Å². The first-order valence-electron chi connectivity index (χ1n) is 3.46. The van der Waals surface area contributed by atoms with Crippen LogP contribution in [0.4, 0.5) is 0 Å². The first-order valence-corrected chi connectivity index (χ1v) is 4.34. The highest BCUT2D eigenvalue weighted by atomic mass is 32.1. The van der Waals surface area contributed by atoms with Crippen molar-refractivity contribution in [3.8, 4) is 0 Å². The minimum atomic E-state index is 0.230. The van der Waals surface area contributed by atoms with Gasteiger partial charge >= 0.3 is 0 Å². The summed E-state index contributed by atoms with van der Waals surface area (Å²) in [6.07, 6.45) is 1.68. The molecule has 3 nitrogen and oxygen atoms in total. The smallest absolute Gasteiger partial charge is 0.0516 e. The number of hydrogen-bond acceptors (Lipinski definition) is 4. The molecular formula is C7H11NO2S. The largest absolute Gasteiger partial charge is 0.290 e. The summed E-state index contributed by atoms with van der Waals surface area (Å²) in [5.41, 5.74) is 0. The average molecular weight is 173 g/mol. The topological polar surface area (TPSA) is 43.7 Å². The van der Waals surface area contributed by atoms with Crippen LogP contribution < -0.4 is 0 Å². The van der Waals surface area contributed by atoms with Gasteiger partial charge in [-0.3, -0.25) is 10.4 Å². The van der Waals surface area contributed by atoms with E-state index in [1.165, 1.54) is 4.88 Å². The molecule has 0 aromatic carbocycles. The van der Waals surface area contributed by atoms with E-state index in [-0.39, 0.29) is 5.23 Å². The summed E-state index contributed by atoms with van der Waals surface area (Å²) in [6.45, 7) is 0.303. The summed E-state index contributed by atoms with van der Waals surface area (Å²) in [6, 6.07) is 4.04. The summed E-state index contributed by atoms with van der Waals surface area (Å²) in [5, 5.41) is 19.0. The number of hydrogen-bond donors (Lipinski definition) is 2. The van der Waals surface area contributed by atoms with E-state index in [9.17, 15) is 0 Å². The predicted octanol–water partition coefficient (Wildman–Crippen LogP) is 1.76. The van der Waals surface area contributed by atoms with Crippen molar-refractivity contribution in [1.82, 2.24) is 5.23 Å². The van der Waals surface area contributed by atoms with Gasteiger partial charge in [0.15, 0.2) is 0 Å². The van der Waals surface area contributed by atoms with Gasteiger partial charge < -0.3 is 0 Å². The van der Waals surface area contributed by atoms with Crippen LogP contribution in [0.2, 0.25) is 0 Å². The fourth-order valence-corrected chi connectivity index (χ4v) is 1.60. The summed E-state index contributed by atoms with van der Waals surface area (Å²) in [7, 11) is 0. The molecule has 0 spiro atoms. The Morgan fingerprint density at radius 3 is 2.82 bits per heavy atom. The fraction of sp³-hybridized carbons (Fsp3) is 0.429. The molecule has 0 saturated heterocycles. The van der Waals surface area contributed by atoms with Crippen LogP contribution in [0.3, 0.4) is 0 Å². The zero-order valence-electron chi connectivity index (χ0n) is 6.10. The quantitative estimate of drug-likeness (QED) is 0.682. The summed E-state index contributed by atoms with van der Waals surface area (Å²) in [4.78, 5) is 1.28. The molecule has 62 valence electrons. The predicted molar refractivity (Wildman–Crippen MR) is 42.9 cm³/mol. The molecular weight excluding hydrogens is 162 g/mol. The number of aryl methyl sites for hydroxylation is 1. The summed E-state index contributed by atoms with van der Waals surface area (Å²) in [5.74, 6) is 0. The molecule has 0 aliphatic heterocycles. The molecule has 1 heterocycles. The SMILES string of the molecule is ON(O)CCCc1cccs1. The van der Waals surface area contributed by atoms with Gasteiger partial charge in [-0.25, -0.2) is 0 Å². The van der Waals surface area contributed by atoms with Gasteiger partial charge in [0, 0.05) is 4.88 Å². The monoisotopic (exact) mass is 173 g/mol. The van der Waals surface area contributed by atoms with Crippen LogP contribution in [0.25, 0.3) is 0 Å². The van der Waals surface area contributed by atoms with Crippen LogP contribution in [-0.4, -0.2) is 22.2 Å². The lowest BCUT2D eigenvalue weighted by Crippen LogP contribution is -2.15. The summed E-state index contributed by atoms with van der Waals surface area (Å²) >= 11 is 1.69. The second kappa shape index (κ2) is 4.46. The zero-order valence-corrected chi connectivity index (χ0v) is 6.92. The highest BCUT2D eigenvalue weighted by Gasteiger charge is 1.96. The molecule has 0 bridgehead atoms. The molecule has 0 amide bonds. The molecule has 0 aliphatic rings. The van der Waals surface area contributed by atoms with Gasteiger partial charge in [0.25, 0.3) is 0 Å². The van der Waals surface area contributed by atoms with Gasteiger partial charge in [-0.15, -0.1) is 11.3 Å². The number of nitrogens with zero attached hydrogens (tertiary/aromatic N) is 1. The van der Waals surface area contributed by atoms with E-state index in [1.807, 2.05) is 17.5 Å². The third-order valence-corrected chi connectivity index (χ3v) is 2.30. The fourth-order valence-electron chi connectivity index (χ4n) is 0.850. The van der Waals surface area contributed by atoms with E-state index in [1.54, 1.807) is 11.3 Å². The lowest BCUT2D eigenvalue weighted by Gasteiger charge is -2.03. The second-order valence-corrected chi connectivity index (χ2v) is 3.31. The minimum Gasteiger partial charge on any atom is -0.290 e. The van der Waals surface area contributed by atoms with Crippen LogP contribution >= 0.6 is 11.3 Å². The molecule has 2 N–H and O–H groups in total. The highest BCUT2D eigenvalue weighted by Crippen LogP contribution is 2.10. The lowest BCUT2D eigenvalue weighted by atomic mass is 10.3. The molecule has 0 radical (unpaired) electrons. The Morgan fingerprint density at radius 1 is 1.45 bits per heavy atom. The van der Waals surface area contributed by atoms with Crippen molar-refractivity contribution in [2.75, 3.05) is 6.54 Å². The van der Waals surface area contributed by atoms with Gasteiger partial charge in [0.2, 0.25) is 0 Å². The van der Waals surface area contributed by atoms with E-state index in [0.717, 1.165) is 12.8 Å². The number of rotatable bonds is 4. The van der Waals surface area contributed by atoms with E-state index < -0.39 is 0 Å².